The lowest BCUT2D eigenvalue weighted by molar-refractivity contribution is -0.192. The van der Waals surface area contributed by atoms with Gasteiger partial charge in [0, 0.05) is 13.0 Å². The molecule has 0 aliphatic carbocycles. The van der Waals surface area contributed by atoms with Gasteiger partial charge in [0.25, 0.3) is 0 Å². The fourth-order valence-corrected chi connectivity index (χ4v) is 1.87. The Kier molecular flexibility index (Phi) is 8.94. The third-order valence-corrected chi connectivity index (χ3v) is 3.36. The molecule has 2 rings (SSSR count). The predicted octanol–water partition coefficient (Wildman–Crippen LogP) is 2.66. The van der Waals surface area contributed by atoms with Crippen molar-refractivity contribution in [2.75, 3.05) is 20.6 Å². The van der Waals surface area contributed by atoms with Gasteiger partial charge in [-0.2, -0.15) is 13.2 Å². The second kappa shape index (κ2) is 10.7. The fourth-order valence-electron chi connectivity index (χ4n) is 1.69. The molecular formula is C15H16ClF4N5O4. The molecule has 1 heterocycles. The number of carbonyl (C=O) groups is 1. The zero-order chi connectivity index (χ0) is 22.2. The van der Waals surface area contributed by atoms with Crippen LogP contribution < -0.4 is 5.48 Å². The molecule has 3 N–H and O–H groups in total. The Balaban J connectivity index is 0.000000516. The van der Waals surface area contributed by atoms with Crippen molar-refractivity contribution in [2.24, 2.45) is 4.99 Å². The number of halogens is 5. The van der Waals surface area contributed by atoms with Crippen LogP contribution in [0.5, 0.6) is 0 Å². The second-order valence-corrected chi connectivity index (χ2v) is 5.99. The van der Waals surface area contributed by atoms with Gasteiger partial charge in [-0.15, -0.1) is 0 Å². The van der Waals surface area contributed by atoms with Crippen molar-refractivity contribution in [1.82, 2.24) is 20.7 Å². The Morgan fingerprint density at radius 1 is 1.34 bits per heavy atom. The van der Waals surface area contributed by atoms with Gasteiger partial charge >= 0.3 is 12.1 Å². The number of hydroxylamine groups is 1. The first-order chi connectivity index (χ1) is 13.5. The molecule has 0 saturated heterocycles. The second-order valence-electron chi connectivity index (χ2n) is 5.59. The average Bonchev–Trinajstić information content (AvgIpc) is 3.09. The molecule has 0 amide bonds. The highest BCUT2D eigenvalue weighted by molar-refractivity contribution is 6.31. The number of likely N-dealkylation sites (N-methyl/N-ethyl adjacent to an activating group) is 1. The predicted molar refractivity (Wildman–Crippen MR) is 92.8 cm³/mol. The monoisotopic (exact) mass is 441 g/mol. The highest BCUT2D eigenvalue weighted by Gasteiger charge is 2.38. The summed E-state index contributed by atoms with van der Waals surface area (Å²) in [4.78, 5) is 15.0. The minimum atomic E-state index is -5.08. The third-order valence-electron chi connectivity index (χ3n) is 3.07. The molecule has 0 atom stereocenters. The number of aliphatic carboxylic acids is 1. The van der Waals surface area contributed by atoms with Gasteiger partial charge in [0.05, 0.1) is 10.7 Å². The van der Waals surface area contributed by atoms with Crippen molar-refractivity contribution in [3.05, 3.63) is 40.4 Å². The third kappa shape index (κ3) is 8.01. The van der Waals surface area contributed by atoms with Crippen LogP contribution in [0.25, 0.3) is 0 Å². The zero-order valence-electron chi connectivity index (χ0n) is 15.0. The van der Waals surface area contributed by atoms with Crippen molar-refractivity contribution in [2.45, 2.75) is 12.6 Å². The van der Waals surface area contributed by atoms with Crippen LogP contribution in [-0.2, 0) is 11.2 Å². The van der Waals surface area contributed by atoms with Crippen LogP contribution in [0.4, 0.5) is 23.2 Å². The molecule has 2 aromatic rings. The van der Waals surface area contributed by atoms with Gasteiger partial charge in [0.15, 0.2) is 11.5 Å². The molecule has 0 radical (unpaired) electrons. The lowest BCUT2D eigenvalue weighted by Gasteiger charge is -2.08. The maximum Gasteiger partial charge on any atom is 0.490 e. The lowest BCUT2D eigenvalue weighted by Crippen LogP contribution is -2.23. The minimum Gasteiger partial charge on any atom is -0.475 e. The van der Waals surface area contributed by atoms with Crippen LogP contribution in [0.2, 0.25) is 5.02 Å². The van der Waals surface area contributed by atoms with Crippen LogP contribution in [0.1, 0.15) is 11.4 Å². The molecule has 9 nitrogen and oxygen atoms in total. The summed E-state index contributed by atoms with van der Waals surface area (Å²) in [7, 11) is 3.85. The largest absolute Gasteiger partial charge is 0.490 e. The number of rotatable bonds is 5. The lowest BCUT2D eigenvalue weighted by atomic mass is 10.2. The number of aliphatic imine (C=N–C) groups is 1. The zero-order valence-corrected chi connectivity index (χ0v) is 15.8. The number of nitrogens with zero attached hydrogens (tertiary/aromatic N) is 4. The summed E-state index contributed by atoms with van der Waals surface area (Å²) < 4.78 is 49.6. The van der Waals surface area contributed by atoms with Crippen molar-refractivity contribution in [3.8, 4) is 0 Å². The van der Waals surface area contributed by atoms with E-state index in [4.69, 9.17) is 26.1 Å². The first-order valence-corrected chi connectivity index (χ1v) is 8.04. The number of carboxylic acids is 1. The highest BCUT2D eigenvalue weighted by Crippen LogP contribution is 2.22. The molecule has 0 saturated carbocycles. The number of hydrogen-bond acceptors (Lipinski definition) is 7. The Labute approximate surface area is 166 Å². The van der Waals surface area contributed by atoms with Crippen LogP contribution >= 0.6 is 11.6 Å². The van der Waals surface area contributed by atoms with Gasteiger partial charge in [0.1, 0.15) is 11.5 Å². The van der Waals surface area contributed by atoms with E-state index in [-0.39, 0.29) is 16.6 Å². The number of nitrogens with one attached hydrogen (secondary N) is 1. The van der Waals surface area contributed by atoms with E-state index in [1.807, 2.05) is 24.5 Å². The normalized spacial score (nSPS) is 11.8. The van der Waals surface area contributed by atoms with Crippen LogP contribution in [-0.4, -0.2) is 64.1 Å². The number of hydrogen-bond donors (Lipinski definition) is 3. The molecule has 0 unspecified atom stereocenters. The topological polar surface area (TPSA) is 124 Å². The van der Waals surface area contributed by atoms with Gasteiger partial charge in [0.2, 0.25) is 0 Å². The van der Waals surface area contributed by atoms with E-state index in [2.05, 4.69) is 15.3 Å². The van der Waals surface area contributed by atoms with Gasteiger partial charge < -0.3 is 10.0 Å². The van der Waals surface area contributed by atoms with E-state index >= 15 is 0 Å². The Morgan fingerprint density at radius 2 is 1.97 bits per heavy atom. The molecule has 0 fully saturated rings. The quantitative estimate of drug-likeness (QED) is 0.280. The van der Waals surface area contributed by atoms with E-state index in [1.165, 1.54) is 18.2 Å². The number of benzene rings is 1. The summed E-state index contributed by atoms with van der Waals surface area (Å²) in [6, 6.07) is 3.94. The van der Waals surface area contributed by atoms with Gasteiger partial charge in [-0.3, -0.25) is 10.7 Å². The fraction of sp³-hybridized carbons (Fsp3) is 0.333. The maximum absolute atomic E-state index is 13.1. The van der Waals surface area contributed by atoms with Crippen molar-refractivity contribution >= 4 is 29.1 Å². The van der Waals surface area contributed by atoms with Crippen LogP contribution in [0.15, 0.2) is 27.8 Å². The SMILES string of the molecule is CN(C)CCc1nonc1C(=Nc1ccc(F)c(Cl)c1)NO.O=C(O)C(F)(F)F. The van der Waals surface area contributed by atoms with E-state index in [0.29, 0.717) is 17.8 Å². The molecule has 0 aliphatic rings. The standard InChI is InChI=1S/C13H15ClFN5O2.C2HF3O2/c1-20(2)6-5-11-12(19-22-18-11)13(17-21)16-8-3-4-10(15)9(14)7-8;3-2(4,5)1(6)7/h3-4,7,21H,5-6H2,1-2H3,(H,16,17);(H,6,7). The van der Waals surface area contributed by atoms with Gasteiger partial charge in [-0.05, 0) is 37.5 Å². The van der Waals surface area contributed by atoms with E-state index in [1.54, 1.807) is 0 Å². The first-order valence-electron chi connectivity index (χ1n) is 7.66. The molecule has 0 bridgehead atoms. The molecule has 0 spiro atoms. The summed E-state index contributed by atoms with van der Waals surface area (Å²) in [6.45, 7) is 0.725. The minimum absolute atomic E-state index is 0.0395. The molecule has 29 heavy (non-hydrogen) atoms. The number of carboxylic acid groups (broad SMARTS) is 1. The smallest absolute Gasteiger partial charge is 0.475 e. The van der Waals surface area contributed by atoms with Crippen molar-refractivity contribution in [3.63, 3.8) is 0 Å². The molecule has 14 heteroatoms. The first kappa shape index (κ1) is 24.3. The average molecular weight is 442 g/mol. The molecule has 1 aromatic carbocycles. The van der Waals surface area contributed by atoms with E-state index < -0.39 is 18.0 Å². The van der Waals surface area contributed by atoms with Crippen LogP contribution in [0, 0.1) is 5.82 Å². The maximum atomic E-state index is 13.1. The molecule has 0 aliphatic heterocycles. The number of amidine groups is 1. The molecule has 160 valence electrons. The summed E-state index contributed by atoms with van der Waals surface area (Å²) in [6.07, 6.45) is -4.52. The van der Waals surface area contributed by atoms with E-state index in [0.717, 1.165) is 6.54 Å². The van der Waals surface area contributed by atoms with Crippen molar-refractivity contribution < 1.29 is 37.3 Å². The van der Waals surface area contributed by atoms with Gasteiger partial charge in [-0.1, -0.05) is 16.8 Å². The number of alkyl halides is 3. The highest BCUT2D eigenvalue weighted by atomic mass is 35.5. The van der Waals surface area contributed by atoms with Crippen molar-refractivity contribution in [1.29, 1.82) is 0 Å². The Hall–Kier alpha value is -2.77. The van der Waals surface area contributed by atoms with E-state index in [9.17, 15) is 22.8 Å². The summed E-state index contributed by atoms with van der Waals surface area (Å²) >= 11 is 5.70. The summed E-state index contributed by atoms with van der Waals surface area (Å²) in [5.74, 6) is -3.26. The van der Waals surface area contributed by atoms with Crippen LogP contribution in [0.3, 0.4) is 0 Å². The summed E-state index contributed by atoms with van der Waals surface area (Å²) in [5.41, 5.74) is 3.13. The summed E-state index contributed by atoms with van der Waals surface area (Å²) in [5, 5.41) is 23.9. The molecule has 1 aromatic heterocycles. The Bertz CT molecular complexity index is 857. The Morgan fingerprint density at radius 3 is 2.45 bits per heavy atom. The molecular weight excluding hydrogens is 426 g/mol. The van der Waals surface area contributed by atoms with Gasteiger partial charge in [-0.25, -0.2) is 18.8 Å². The number of aromatic nitrogens is 2.